The number of hydrogen-bond acceptors (Lipinski definition) is 6. The molecule has 52 heavy (non-hydrogen) atoms. The smallest absolute Gasteiger partial charge is 0.323 e. The minimum Gasteiger partial charge on any atom is -0.374 e. The molecule has 1 saturated heterocycles. The van der Waals surface area contributed by atoms with Crippen LogP contribution in [0.1, 0.15) is 39.5 Å². The maximum Gasteiger partial charge on any atom is 0.323 e. The normalized spacial score (nSPS) is 19.8. The van der Waals surface area contributed by atoms with Crippen molar-refractivity contribution in [2.45, 2.75) is 63.4 Å². The Morgan fingerprint density at radius 1 is 0.654 bits per heavy atom. The van der Waals surface area contributed by atoms with Crippen LogP contribution >= 0.6 is 11.6 Å². The molecule has 0 bridgehead atoms. The third-order valence-electron chi connectivity index (χ3n) is 8.85. The molecule has 0 saturated carbocycles. The highest BCUT2D eigenvalue weighted by Gasteiger charge is 2.49. The number of nitrogens with zero attached hydrogens (tertiary/aromatic N) is 2. The SMILES string of the molecule is [N-]=[N+]=CC(=O)Cc1cc([C@@H]2O[C@H](COCc3ccccc3)[C@@H](OCc3ccccc3)[C@H](OCc3ccccc3)[C@H]2OCc2ccccc2)ccc1Cl. The van der Waals surface area contributed by atoms with Crippen molar-refractivity contribution in [3.63, 3.8) is 0 Å². The Bertz CT molecular complexity index is 1890. The highest BCUT2D eigenvalue weighted by Crippen LogP contribution is 2.39. The molecule has 5 aromatic rings. The van der Waals surface area contributed by atoms with Gasteiger partial charge >= 0.3 is 6.21 Å². The van der Waals surface area contributed by atoms with Gasteiger partial charge in [-0.3, -0.25) is 4.79 Å². The Hall–Kier alpha value is -4.76. The lowest BCUT2D eigenvalue weighted by Gasteiger charge is -2.46. The van der Waals surface area contributed by atoms with Crippen LogP contribution in [0.15, 0.2) is 140 Å². The van der Waals surface area contributed by atoms with Gasteiger partial charge in [0.05, 0.1) is 33.0 Å². The second kappa shape index (κ2) is 19.2. The van der Waals surface area contributed by atoms with Crippen LogP contribution in [0.3, 0.4) is 0 Å². The second-order valence-corrected chi connectivity index (χ2v) is 13.0. The number of carbonyl (C=O) groups is 1. The maximum absolute atomic E-state index is 12.5. The topological polar surface area (TPSA) is 99.6 Å². The van der Waals surface area contributed by atoms with E-state index in [-0.39, 0.29) is 13.0 Å². The van der Waals surface area contributed by atoms with E-state index in [9.17, 15) is 4.79 Å². The highest BCUT2D eigenvalue weighted by atomic mass is 35.5. The Morgan fingerprint density at radius 2 is 1.13 bits per heavy atom. The summed E-state index contributed by atoms with van der Waals surface area (Å²) in [5, 5.41) is 0.407. The molecule has 266 valence electrons. The van der Waals surface area contributed by atoms with Gasteiger partial charge in [-0.05, 0) is 39.4 Å². The van der Waals surface area contributed by atoms with Gasteiger partial charge in [0.15, 0.2) is 0 Å². The van der Waals surface area contributed by atoms with Crippen LogP contribution in [0.5, 0.6) is 0 Å². The van der Waals surface area contributed by atoms with Crippen molar-refractivity contribution in [2.75, 3.05) is 6.61 Å². The Morgan fingerprint density at radius 3 is 1.65 bits per heavy atom. The molecule has 0 amide bonds. The summed E-state index contributed by atoms with van der Waals surface area (Å²) in [6.07, 6.45) is -2.28. The second-order valence-electron chi connectivity index (χ2n) is 12.6. The van der Waals surface area contributed by atoms with Gasteiger partial charge in [-0.25, -0.2) is 0 Å². The molecule has 0 aliphatic carbocycles. The number of benzene rings is 5. The van der Waals surface area contributed by atoms with Crippen molar-refractivity contribution >= 4 is 23.6 Å². The average Bonchev–Trinajstić information content (AvgIpc) is 3.18. The molecule has 6 rings (SSSR count). The summed E-state index contributed by atoms with van der Waals surface area (Å²) >= 11 is 6.59. The lowest BCUT2D eigenvalue weighted by Crippen LogP contribution is -2.58. The minimum atomic E-state index is -0.663. The maximum atomic E-state index is 12.5. The zero-order valence-electron chi connectivity index (χ0n) is 28.7. The Kier molecular flexibility index (Phi) is 13.7. The van der Waals surface area contributed by atoms with Crippen molar-refractivity contribution < 1.29 is 33.3 Å². The molecule has 1 fully saturated rings. The third-order valence-corrected chi connectivity index (χ3v) is 9.22. The standard InChI is InChI=1S/C43H41ClN2O6/c44-38-22-21-35(23-36(38)24-37(47)25-46-45)40-42(50-28-33-17-9-3-10-18-33)43(51-29-34-19-11-4-12-20-34)41(49-27-32-15-7-2-8-16-32)39(52-40)30-48-26-31-13-5-1-6-14-31/h1-23,25,39-43H,24,26-30H2/t39-,40+,41-,42+,43+/m1/s1. The van der Waals surface area contributed by atoms with Crippen LogP contribution in [0.2, 0.25) is 5.02 Å². The molecule has 5 aromatic carbocycles. The van der Waals surface area contributed by atoms with Gasteiger partial charge in [-0.1, -0.05) is 145 Å². The van der Waals surface area contributed by atoms with Crippen molar-refractivity contribution in [2.24, 2.45) is 0 Å². The van der Waals surface area contributed by atoms with Gasteiger partial charge in [0.25, 0.3) is 0 Å². The summed E-state index contributed by atoms with van der Waals surface area (Å²) in [5.74, 6) is -0.395. The first kappa shape index (κ1) is 37.0. The Balaban J connectivity index is 1.38. The molecular weight excluding hydrogens is 676 g/mol. The van der Waals surface area contributed by atoms with Gasteiger partial charge < -0.3 is 29.2 Å². The van der Waals surface area contributed by atoms with E-state index in [0.29, 0.717) is 37.0 Å². The van der Waals surface area contributed by atoms with Crippen molar-refractivity contribution in [3.8, 4) is 0 Å². The number of rotatable bonds is 17. The molecule has 0 spiro atoms. The fourth-order valence-electron chi connectivity index (χ4n) is 6.26. The van der Waals surface area contributed by atoms with Gasteiger partial charge in [0.2, 0.25) is 5.78 Å². The third kappa shape index (κ3) is 10.4. The van der Waals surface area contributed by atoms with E-state index in [1.54, 1.807) is 6.07 Å². The molecule has 1 aliphatic rings. The summed E-state index contributed by atoms with van der Waals surface area (Å²) in [7, 11) is 0. The first-order chi connectivity index (χ1) is 25.6. The predicted octanol–water partition coefficient (Wildman–Crippen LogP) is 8.17. The largest absolute Gasteiger partial charge is 0.374 e. The summed E-state index contributed by atoms with van der Waals surface area (Å²) < 4.78 is 33.7. The zero-order valence-corrected chi connectivity index (χ0v) is 29.5. The molecule has 1 heterocycles. The van der Waals surface area contributed by atoms with Gasteiger partial charge in [-0.15, -0.1) is 0 Å². The fraction of sp³-hybridized carbons (Fsp3) is 0.256. The fourth-order valence-corrected chi connectivity index (χ4v) is 6.45. The highest BCUT2D eigenvalue weighted by molar-refractivity contribution is 6.32. The number of hydrogen-bond donors (Lipinski definition) is 0. The lowest BCUT2D eigenvalue weighted by atomic mass is 9.89. The molecule has 9 heteroatoms. The average molecular weight is 717 g/mol. The van der Waals surface area contributed by atoms with E-state index < -0.39 is 36.3 Å². The van der Waals surface area contributed by atoms with Gasteiger partial charge in [0, 0.05) is 11.4 Å². The summed E-state index contributed by atoms with van der Waals surface area (Å²) in [4.78, 5) is 15.4. The van der Waals surface area contributed by atoms with E-state index in [4.69, 9.17) is 40.8 Å². The van der Waals surface area contributed by atoms with E-state index in [0.717, 1.165) is 34.0 Å². The van der Waals surface area contributed by atoms with Crippen molar-refractivity contribution in [3.05, 3.63) is 183 Å². The van der Waals surface area contributed by atoms with Crippen LogP contribution in [-0.2, 0) is 61.3 Å². The van der Waals surface area contributed by atoms with Crippen molar-refractivity contribution in [1.29, 1.82) is 0 Å². The first-order valence-corrected chi connectivity index (χ1v) is 17.7. The first-order valence-electron chi connectivity index (χ1n) is 17.3. The molecule has 0 aromatic heterocycles. The number of ether oxygens (including phenoxy) is 5. The van der Waals surface area contributed by atoms with Crippen LogP contribution in [0.25, 0.3) is 5.53 Å². The molecule has 0 N–H and O–H groups in total. The molecule has 1 aliphatic heterocycles. The van der Waals surface area contributed by atoms with E-state index in [2.05, 4.69) is 4.79 Å². The zero-order chi connectivity index (χ0) is 36.0. The van der Waals surface area contributed by atoms with E-state index >= 15 is 0 Å². The van der Waals surface area contributed by atoms with Crippen LogP contribution in [0.4, 0.5) is 0 Å². The molecule has 8 nitrogen and oxygen atoms in total. The number of Topliss-reactive ketones (excluding diaryl/α,β-unsaturated/α-hetero) is 1. The van der Waals surface area contributed by atoms with E-state index in [1.165, 1.54) is 0 Å². The lowest BCUT2D eigenvalue weighted by molar-refractivity contribution is -0.275. The van der Waals surface area contributed by atoms with Gasteiger partial charge in [-0.2, -0.15) is 4.79 Å². The summed E-state index contributed by atoms with van der Waals surface area (Å²) in [6.45, 7) is 1.54. The van der Waals surface area contributed by atoms with Crippen LogP contribution in [-0.4, -0.2) is 47.8 Å². The van der Waals surface area contributed by atoms with Crippen LogP contribution in [0, 0.1) is 0 Å². The quantitative estimate of drug-likeness (QED) is 0.0547. The molecule has 5 atom stereocenters. The van der Waals surface area contributed by atoms with Gasteiger partial charge in [0.1, 0.15) is 30.5 Å². The van der Waals surface area contributed by atoms with Crippen LogP contribution < -0.4 is 0 Å². The molecule has 0 unspecified atom stereocenters. The number of halogens is 1. The number of ketones is 1. The minimum absolute atomic E-state index is 0.0562. The summed E-state index contributed by atoms with van der Waals surface area (Å²) in [6, 6.07) is 45.3. The monoisotopic (exact) mass is 716 g/mol. The summed E-state index contributed by atoms with van der Waals surface area (Å²) in [5.41, 5.74) is 14.3. The van der Waals surface area contributed by atoms with E-state index in [1.807, 2.05) is 133 Å². The molecule has 0 radical (unpaired) electrons. The van der Waals surface area contributed by atoms with Crippen molar-refractivity contribution in [1.82, 2.24) is 0 Å². The Labute approximate surface area is 309 Å². The molecular formula is C43H41ClN2O6. The predicted molar refractivity (Wildman–Crippen MR) is 199 cm³/mol. The number of carbonyl (C=O) groups excluding carboxylic acids is 1.